The Hall–Kier alpha value is -0.540. The Balaban J connectivity index is 1.93. The van der Waals surface area contributed by atoms with Crippen molar-refractivity contribution in [2.75, 3.05) is 24.7 Å². The first kappa shape index (κ1) is 8.74. The van der Waals surface area contributed by atoms with Gasteiger partial charge in [-0.3, -0.25) is 0 Å². The zero-order chi connectivity index (χ0) is 9.54. The minimum Gasteiger partial charge on any atom is -0.377 e. The molecule has 2 aliphatic heterocycles. The van der Waals surface area contributed by atoms with Crippen LogP contribution in [0.3, 0.4) is 0 Å². The van der Waals surface area contributed by atoms with Gasteiger partial charge in [0.05, 0.1) is 19.3 Å². The fourth-order valence-electron chi connectivity index (χ4n) is 2.18. The van der Waals surface area contributed by atoms with E-state index in [0.29, 0.717) is 6.04 Å². The zero-order valence-electron chi connectivity index (χ0n) is 7.87. The third-order valence-electron chi connectivity index (χ3n) is 3.03. The number of fused-ring (bicyclic) bond motifs is 1. The number of nitrogens with zero attached hydrogens (tertiary/aromatic N) is 1. The molecule has 14 heavy (non-hydrogen) atoms. The molecule has 74 valence electrons. The molecule has 0 radical (unpaired) electrons. The van der Waals surface area contributed by atoms with Crippen molar-refractivity contribution in [2.45, 2.75) is 12.5 Å². The van der Waals surface area contributed by atoms with E-state index in [9.17, 15) is 0 Å². The molecule has 2 heterocycles. The van der Waals surface area contributed by atoms with E-state index in [-0.39, 0.29) is 0 Å². The molecule has 2 nitrogen and oxygen atoms in total. The summed E-state index contributed by atoms with van der Waals surface area (Å²) in [7, 11) is 0. The second kappa shape index (κ2) is 3.24. The molecule has 1 saturated heterocycles. The largest absolute Gasteiger partial charge is 0.377 e. The monoisotopic (exact) mass is 253 g/mol. The lowest BCUT2D eigenvalue weighted by Gasteiger charge is -2.36. The van der Waals surface area contributed by atoms with Crippen molar-refractivity contribution < 1.29 is 4.74 Å². The van der Waals surface area contributed by atoms with E-state index in [2.05, 4.69) is 39.0 Å². The number of ether oxygens (including phenoxy) is 1. The van der Waals surface area contributed by atoms with Crippen molar-refractivity contribution in [1.29, 1.82) is 0 Å². The highest BCUT2D eigenvalue weighted by Crippen LogP contribution is 2.33. The molecule has 1 aromatic rings. The fourth-order valence-corrected chi connectivity index (χ4v) is 2.59. The smallest absolute Gasteiger partial charge is 0.0757 e. The molecular weight excluding hydrogens is 242 g/mol. The molecule has 1 fully saturated rings. The van der Waals surface area contributed by atoms with Crippen LogP contribution >= 0.6 is 15.9 Å². The Bertz CT molecular complexity index is 362. The maximum Gasteiger partial charge on any atom is 0.0757 e. The fraction of sp³-hybridized carbons (Fsp3) is 0.455. The Kier molecular flexibility index (Phi) is 2.03. The molecule has 3 rings (SSSR count). The first-order chi connectivity index (χ1) is 6.84. The van der Waals surface area contributed by atoms with Crippen LogP contribution < -0.4 is 4.90 Å². The lowest BCUT2D eigenvalue weighted by molar-refractivity contribution is 0.00887. The predicted octanol–water partition coefficient (Wildman–Crippen LogP) is 2.21. The van der Waals surface area contributed by atoms with Crippen molar-refractivity contribution in [3.63, 3.8) is 0 Å². The summed E-state index contributed by atoms with van der Waals surface area (Å²) in [5.41, 5.74) is 2.87. The second-order valence-corrected chi connectivity index (χ2v) is 4.82. The van der Waals surface area contributed by atoms with Crippen LogP contribution in [0.25, 0.3) is 0 Å². The van der Waals surface area contributed by atoms with Crippen molar-refractivity contribution in [3.8, 4) is 0 Å². The standard InChI is InChI=1S/C11H12BrNO/c12-9-1-2-11-8(5-9)3-4-13(11)10-6-14-7-10/h1-2,5,10H,3-4,6-7H2. The lowest BCUT2D eigenvalue weighted by Crippen LogP contribution is -2.48. The summed E-state index contributed by atoms with van der Waals surface area (Å²) in [6, 6.07) is 7.19. The molecule has 0 aromatic heterocycles. The van der Waals surface area contributed by atoms with E-state index in [1.807, 2.05) is 0 Å². The molecule has 2 aliphatic rings. The first-order valence-electron chi connectivity index (χ1n) is 4.97. The molecule has 3 heteroatoms. The zero-order valence-corrected chi connectivity index (χ0v) is 9.46. The Morgan fingerprint density at radius 3 is 2.93 bits per heavy atom. The average Bonchev–Trinajstić information content (AvgIpc) is 2.45. The van der Waals surface area contributed by atoms with Gasteiger partial charge in [-0.25, -0.2) is 0 Å². The lowest BCUT2D eigenvalue weighted by atomic mass is 10.1. The van der Waals surface area contributed by atoms with E-state index in [0.717, 1.165) is 19.8 Å². The van der Waals surface area contributed by atoms with Gasteiger partial charge in [-0.05, 0) is 30.2 Å². The van der Waals surface area contributed by atoms with Gasteiger partial charge in [0, 0.05) is 16.7 Å². The number of benzene rings is 1. The molecule has 0 spiro atoms. The van der Waals surface area contributed by atoms with Crippen molar-refractivity contribution >= 4 is 21.6 Å². The predicted molar refractivity (Wildman–Crippen MR) is 59.8 cm³/mol. The molecular formula is C11H12BrNO. The van der Waals surface area contributed by atoms with Crippen LogP contribution in [0.5, 0.6) is 0 Å². The van der Waals surface area contributed by atoms with Crippen LogP contribution in [-0.4, -0.2) is 25.8 Å². The van der Waals surface area contributed by atoms with Crippen LogP contribution in [-0.2, 0) is 11.2 Å². The van der Waals surface area contributed by atoms with E-state index in [1.54, 1.807) is 0 Å². The number of rotatable bonds is 1. The average molecular weight is 254 g/mol. The molecule has 0 bridgehead atoms. The van der Waals surface area contributed by atoms with Gasteiger partial charge in [0.1, 0.15) is 0 Å². The van der Waals surface area contributed by atoms with Gasteiger partial charge in [-0.2, -0.15) is 0 Å². The molecule has 1 aromatic carbocycles. The highest BCUT2D eigenvalue weighted by atomic mass is 79.9. The number of anilines is 1. The molecule has 0 saturated carbocycles. The maximum atomic E-state index is 5.24. The summed E-state index contributed by atoms with van der Waals surface area (Å²) in [6.07, 6.45) is 1.17. The van der Waals surface area contributed by atoms with E-state index < -0.39 is 0 Å². The summed E-state index contributed by atoms with van der Waals surface area (Å²) in [5.74, 6) is 0. The van der Waals surface area contributed by atoms with Gasteiger partial charge in [-0.1, -0.05) is 15.9 Å². The van der Waals surface area contributed by atoms with Crippen LogP contribution in [0.2, 0.25) is 0 Å². The Morgan fingerprint density at radius 2 is 2.21 bits per heavy atom. The third kappa shape index (κ3) is 1.27. The summed E-state index contributed by atoms with van der Waals surface area (Å²) in [4.78, 5) is 2.48. The normalized spacial score (nSPS) is 20.8. The Labute approximate surface area is 92.0 Å². The molecule has 0 aliphatic carbocycles. The summed E-state index contributed by atoms with van der Waals surface area (Å²) >= 11 is 3.51. The number of halogens is 1. The number of hydrogen-bond acceptors (Lipinski definition) is 2. The van der Waals surface area contributed by atoms with Gasteiger partial charge in [0.2, 0.25) is 0 Å². The van der Waals surface area contributed by atoms with Crippen LogP contribution in [0.1, 0.15) is 5.56 Å². The highest BCUT2D eigenvalue weighted by molar-refractivity contribution is 9.10. The SMILES string of the molecule is Brc1ccc2c(c1)CCN2C1COC1. The maximum absolute atomic E-state index is 5.24. The first-order valence-corrected chi connectivity index (χ1v) is 5.77. The van der Waals surface area contributed by atoms with Gasteiger partial charge in [0.15, 0.2) is 0 Å². The molecule has 0 amide bonds. The van der Waals surface area contributed by atoms with Crippen molar-refractivity contribution in [2.24, 2.45) is 0 Å². The molecule has 0 atom stereocenters. The van der Waals surface area contributed by atoms with E-state index in [4.69, 9.17) is 4.74 Å². The van der Waals surface area contributed by atoms with Gasteiger partial charge in [-0.15, -0.1) is 0 Å². The van der Waals surface area contributed by atoms with Crippen molar-refractivity contribution in [3.05, 3.63) is 28.2 Å². The molecule has 0 unspecified atom stereocenters. The number of hydrogen-bond donors (Lipinski definition) is 0. The van der Waals surface area contributed by atoms with Crippen LogP contribution in [0.4, 0.5) is 5.69 Å². The van der Waals surface area contributed by atoms with Crippen LogP contribution in [0, 0.1) is 0 Å². The second-order valence-electron chi connectivity index (χ2n) is 3.91. The van der Waals surface area contributed by atoms with Gasteiger partial charge in [0.25, 0.3) is 0 Å². The van der Waals surface area contributed by atoms with Gasteiger partial charge >= 0.3 is 0 Å². The summed E-state index contributed by atoms with van der Waals surface area (Å²) < 4.78 is 6.42. The summed E-state index contributed by atoms with van der Waals surface area (Å²) in [6.45, 7) is 2.95. The van der Waals surface area contributed by atoms with Gasteiger partial charge < -0.3 is 9.64 Å². The molecule has 0 N–H and O–H groups in total. The van der Waals surface area contributed by atoms with Crippen molar-refractivity contribution in [1.82, 2.24) is 0 Å². The van der Waals surface area contributed by atoms with E-state index >= 15 is 0 Å². The topological polar surface area (TPSA) is 12.5 Å². The van der Waals surface area contributed by atoms with Crippen LogP contribution in [0.15, 0.2) is 22.7 Å². The third-order valence-corrected chi connectivity index (χ3v) is 3.53. The Morgan fingerprint density at radius 1 is 1.36 bits per heavy atom. The highest BCUT2D eigenvalue weighted by Gasteiger charge is 2.30. The van der Waals surface area contributed by atoms with E-state index in [1.165, 1.54) is 22.1 Å². The minimum atomic E-state index is 0.623. The quantitative estimate of drug-likeness (QED) is 0.761. The summed E-state index contributed by atoms with van der Waals surface area (Å²) in [5, 5.41) is 0. The minimum absolute atomic E-state index is 0.623.